The van der Waals surface area contributed by atoms with Crippen LogP contribution < -0.4 is 4.90 Å². The van der Waals surface area contributed by atoms with E-state index in [1.54, 1.807) is 0 Å². The van der Waals surface area contributed by atoms with E-state index in [1.807, 2.05) is 40.7 Å². The minimum absolute atomic E-state index is 0.624. The number of rotatable bonds is 5. The maximum atomic E-state index is 11.2. The Morgan fingerprint density at radius 1 is 1.47 bits per heavy atom. The zero-order valence-corrected chi connectivity index (χ0v) is 10.3. The number of aromatic nitrogens is 2. The standard InChI is InChI=1S/C13H17N3O/c1-3-4-8-15(2)13-11(10-17)16-9-6-5-7-12(16)14-13/h5-7,9-10H,3-4,8H2,1-2H3. The summed E-state index contributed by atoms with van der Waals surface area (Å²) in [5.41, 5.74) is 1.44. The average Bonchev–Trinajstić information content (AvgIpc) is 2.74. The second-order valence-corrected chi connectivity index (χ2v) is 4.14. The Morgan fingerprint density at radius 2 is 2.29 bits per heavy atom. The normalized spacial score (nSPS) is 10.7. The lowest BCUT2D eigenvalue weighted by molar-refractivity contribution is 0.111. The highest BCUT2D eigenvalue weighted by molar-refractivity contribution is 5.83. The number of unbranched alkanes of at least 4 members (excludes halogenated alkanes) is 1. The Bertz CT molecular complexity index is 518. The lowest BCUT2D eigenvalue weighted by atomic mass is 10.3. The minimum atomic E-state index is 0.624. The molecule has 0 fully saturated rings. The monoisotopic (exact) mass is 231 g/mol. The Morgan fingerprint density at radius 3 is 3.00 bits per heavy atom. The van der Waals surface area contributed by atoms with Crippen molar-refractivity contribution >= 4 is 17.8 Å². The topological polar surface area (TPSA) is 37.6 Å². The summed E-state index contributed by atoms with van der Waals surface area (Å²) < 4.78 is 1.82. The Balaban J connectivity index is 2.42. The van der Waals surface area contributed by atoms with Crippen molar-refractivity contribution in [2.45, 2.75) is 19.8 Å². The summed E-state index contributed by atoms with van der Waals surface area (Å²) in [7, 11) is 1.98. The van der Waals surface area contributed by atoms with E-state index < -0.39 is 0 Å². The lowest BCUT2D eigenvalue weighted by Gasteiger charge is -2.16. The number of fused-ring (bicyclic) bond motifs is 1. The van der Waals surface area contributed by atoms with Crippen LogP contribution in [-0.2, 0) is 0 Å². The van der Waals surface area contributed by atoms with E-state index in [9.17, 15) is 4.79 Å². The molecule has 90 valence electrons. The molecule has 0 saturated heterocycles. The third-order valence-corrected chi connectivity index (χ3v) is 2.87. The first-order chi connectivity index (χ1) is 8.27. The van der Waals surface area contributed by atoms with Gasteiger partial charge in [0.2, 0.25) is 0 Å². The van der Waals surface area contributed by atoms with E-state index in [2.05, 4.69) is 11.9 Å². The van der Waals surface area contributed by atoms with Gasteiger partial charge in [-0.05, 0) is 18.6 Å². The summed E-state index contributed by atoms with van der Waals surface area (Å²) in [6.07, 6.45) is 4.97. The zero-order valence-electron chi connectivity index (χ0n) is 10.3. The fourth-order valence-electron chi connectivity index (χ4n) is 1.89. The van der Waals surface area contributed by atoms with Crippen molar-refractivity contribution < 1.29 is 4.79 Å². The van der Waals surface area contributed by atoms with Crippen molar-refractivity contribution in [1.29, 1.82) is 0 Å². The maximum absolute atomic E-state index is 11.2. The van der Waals surface area contributed by atoms with Gasteiger partial charge < -0.3 is 4.90 Å². The zero-order chi connectivity index (χ0) is 12.3. The number of nitrogens with zero attached hydrogens (tertiary/aromatic N) is 3. The molecule has 0 spiro atoms. The predicted molar refractivity (Wildman–Crippen MR) is 68.8 cm³/mol. The van der Waals surface area contributed by atoms with Gasteiger partial charge in [-0.15, -0.1) is 0 Å². The van der Waals surface area contributed by atoms with Gasteiger partial charge >= 0.3 is 0 Å². The Labute approximate surface area is 101 Å². The van der Waals surface area contributed by atoms with E-state index in [1.165, 1.54) is 0 Å². The number of pyridine rings is 1. The summed E-state index contributed by atoms with van der Waals surface area (Å²) in [5.74, 6) is 0.764. The quantitative estimate of drug-likeness (QED) is 0.741. The molecule has 17 heavy (non-hydrogen) atoms. The number of hydrogen-bond donors (Lipinski definition) is 0. The summed E-state index contributed by atoms with van der Waals surface area (Å²) in [6, 6.07) is 5.73. The van der Waals surface area contributed by atoms with Crippen LogP contribution in [0.25, 0.3) is 5.65 Å². The Hall–Kier alpha value is -1.84. The lowest BCUT2D eigenvalue weighted by Crippen LogP contribution is -2.20. The summed E-state index contributed by atoms with van der Waals surface area (Å²) >= 11 is 0. The van der Waals surface area contributed by atoms with Crippen molar-refractivity contribution in [2.24, 2.45) is 0 Å². The maximum Gasteiger partial charge on any atom is 0.170 e. The smallest absolute Gasteiger partial charge is 0.170 e. The number of carbonyl (C=O) groups excluding carboxylic acids is 1. The molecular formula is C13H17N3O. The molecular weight excluding hydrogens is 214 g/mol. The van der Waals surface area contributed by atoms with Crippen molar-refractivity contribution in [3.8, 4) is 0 Å². The first-order valence-corrected chi connectivity index (χ1v) is 5.91. The van der Waals surface area contributed by atoms with Crippen LogP contribution in [0, 0.1) is 0 Å². The van der Waals surface area contributed by atoms with Gasteiger partial charge in [-0.3, -0.25) is 9.20 Å². The second-order valence-electron chi connectivity index (χ2n) is 4.14. The van der Waals surface area contributed by atoms with E-state index >= 15 is 0 Å². The third kappa shape index (κ3) is 2.16. The highest BCUT2D eigenvalue weighted by Crippen LogP contribution is 2.19. The second kappa shape index (κ2) is 4.99. The van der Waals surface area contributed by atoms with Crippen LogP contribution in [0.3, 0.4) is 0 Å². The molecule has 0 bridgehead atoms. The van der Waals surface area contributed by atoms with Gasteiger partial charge in [-0.2, -0.15) is 0 Å². The molecule has 0 N–H and O–H groups in total. The van der Waals surface area contributed by atoms with Crippen molar-refractivity contribution in [2.75, 3.05) is 18.5 Å². The first kappa shape index (κ1) is 11.6. The molecule has 0 saturated carbocycles. The van der Waals surface area contributed by atoms with Gasteiger partial charge in [0.15, 0.2) is 12.1 Å². The molecule has 0 aliphatic heterocycles. The molecule has 2 rings (SSSR count). The van der Waals surface area contributed by atoms with Gasteiger partial charge in [0.1, 0.15) is 11.3 Å². The summed E-state index contributed by atoms with van der Waals surface area (Å²) in [5, 5.41) is 0. The summed E-state index contributed by atoms with van der Waals surface area (Å²) in [6.45, 7) is 3.07. The van der Waals surface area contributed by atoms with Gasteiger partial charge in [0.05, 0.1) is 0 Å². The molecule has 0 amide bonds. The SMILES string of the molecule is CCCCN(C)c1nc2ccccn2c1C=O. The van der Waals surface area contributed by atoms with Crippen molar-refractivity contribution in [1.82, 2.24) is 9.38 Å². The fraction of sp³-hybridized carbons (Fsp3) is 0.385. The average molecular weight is 231 g/mol. The van der Waals surface area contributed by atoms with Crippen LogP contribution in [0.4, 0.5) is 5.82 Å². The van der Waals surface area contributed by atoms with Gasteiger partial charge in [-0.25, -0.2) is 4.98 Å². The molecule has 0 aromatic carbocycles. The molecule has 4 heteroatoms. The number of aldehydes is 1. The van der Waals surface area contributed by atoms with Crippen molar-refractivity contribution in [3.05, 3.63) is 30.1 Å². The molecule has 0 radical (unpaired) electrons. The van der Waals surface area contributed by atoms with E-state index in [0.717, 1.165) is 37.1 Å². The van der Waals surface area contributed by atoms with E-state index in [-0.39, 0.29) is 0 Å². The molecule has 0 atom stereocenters. The fourth-order valence-corrected chi connectivity index (χ4v) is 1.89. The largest absolute Gasteiger partial charge is 0.358 e. The molecule has 2 aromatic rings. The number of anilines is 1. The first-order valence-electron chi connectivity index (χ1n) is 5.91. The number of hydrogen-bond acceptors (Lipinski definition) is 3. The molecule has 0 unspecified atom stereocenters. The highest BCUT2D eigenvalue weighted by atomic mass is 16.1. The minimum Gasteiger partial charge on any atom is -0.358 e. The van der Waals surface area contributed by atoms with Crippen LogP contribution in [-0.4, -0.2) is 29.3 Å². The molecule has 4 nitrogen and oxygen atoms in total. The number of imidazole rings is 1. The van der Waals surface area contributed by atoms with Gasteiger partial charge in [0, 0.05) is 19.8 Å². The molecule has 0 aliphatic rings. The van der Waals surface area contributed by atoms with Gasteiger partial charge in [-0.1, -0.05) is 19.4 Å². The summed E-state index contributed by atoms with van der Waals surface area (Å²) in [4.78, 5) is 17.7. The highest BCUT2D eigenvalue weighted by Gasteiger charge is 2.14. The third-order valence-electron chi connectivity index (χ3n) is 2.87. The van der Waals surface area contributed by atoms with E-state index in [4.69, 9.17) is 0 Å². The molecule has 2 aromatic heterocycles. The Kier molecular flexibility index (Phi) is 3.42. The number of carbonyl (C=O) groups is 1. The van der Waals surface area contributed by atoms with Gasteiger partial charge in [0.25, 0.3) is 0 Å². The predicted octanol–water partition coefficient (Wildman–Crippen LogP) is 2.38. The van der Waals surface area contributed by atoms with Crippen molar-refractivity contribution in [3.63, 3.8) is 0 Å². The van der Waals surface area contributed by atoms with Crippen LogP contribution >= 0.6 is 0 Å². The van der Waals surface area contributed by atoms with Crippen LogP contribution in [0.2, 0.25) is 0 Å². The van der Waals surface area contributed by atoms with Crippen LogP contribution in [0.1, 0.15) is 30.3 Å². The van der Waals surface area contributed by atoms with Crippen LogP contribution in [0.5, 0.6) is 0 Å². The van der Waals surface area contributed by atoms with Crippen LogP contribution in [0.15, 0.2) is 24.4 Å². The molecule has 0 aliphatic carbocycles. The van der Waals surface area contributed by atoms with E-state index in [0.29, 0.717) is 5.69 Å². The molecule has 2 heterocycles.